The molecule has 0 aliphatic rings. The zero-order valence-corrected chi connectivity index (χ0v) is 8.36. The van der Waals surface area contributed by atoms with E-state index in [1.165, 1.54) is 0 Å². The third-order valence-corrected chi connectivity index (χ3v) is 1.84. The molecule has 0 radical (unpaired) electrons. The minimum absolute atomic E-state index is 0.0101. The van der Waals surface area contributed by atoms with Crippen LogP contribution in [-0.4, -0.2) is 33.2 Å². The van der Waals surface area contributed by atoms with E-state index in [0.717, 1.165) is 24.3 Å². The first-order valence-electron chi connectivity index (χ1n) is 4.38. The minimum atomic E-state index is -2.02. The number of aliphatic hydroxyl groups is 1. The number of rotatable bonds is 4. The van der Waals surface area contributed by atoms with E-state index in [4.69, 9.17) is 10.2 Å². The molecular formula is C9H8N2O6. The van der Waals surface area contributed by atoms with Crippen LogP contribution in [0.3, 0.4) is 0 Å². The molecule has 0 aliphatic heterocycles. The van der Waals surface area contributed by atoms with E-state index >= 15 is 0 Å². The van der Waals surface area contributed by atoms with E-state index in [0.29, 0.717) is 0 Å². The fourth-order valence-electron chi connectivity index (χ4n) is 1.00. The summed E-state index contributed by atoms with van der Waals surface area (Å²) in [6.45, 7) is 0. The summed E-state index contributed by atoms with van der Waals surface area (Å²) in [4.78, 5) is 31.3. The summed E-state index contributed by atoms with van der Waals surface area (Å²) in [6, 6.07) is 4.51. The Bertz CT molecular complexity index is 455. The Kier molecular flexibility index (Phi) is 3.73. The molecule has 1 aromatic carbocycles. The quantitative estimate of drug-likeness (QED) is 0.377. The number of nitro groups is 1. The zero-order valence-electron chi connectivity index (χ0n) is 8.36. The number of hydrogen-bond acceptors (Lipinski definition) is 5. The molecule has 8 nitrogen and oxygen atoms in total. The first-order valence-corrected chi connectivity index (χ1v) is 4.38. The standard InChI is InChI=1S/C9H8N2O6/c12-7(10-8(13)9(14)15)5-1-3-6(4-2-5)11(16)17/h1-4,8,13H,(H,10,12)(H,14,15). The van der Waals surface area contributed by atoms with Gasteiger partial charge in [0.25, 0.3) is 11.6 Å². The SMILES string of the molecule is O=C(NC(O)C(=O)O)c1ccc([N+](=O)[O-])cc1. The highest BCUT2D eigenvalue weighted by molar-refractivity contribution is 5.96. The van der Waals surface area contributed by atoms with Crippen molar-refractivity contribution in [1.29, 1.82) is 0 Å². The van der Waals surface area contributed by atoms with Crippen LogP contribution in [0.1, 0.15) is 10.4 Å². The van der Waals surface area contributed by atoms with E-state index in [1.807, 2.05) is 0 Å². The Morgan fingerprint density at radius 1 is 1.29 bits per heavy atom. The molecule has 0 saturated heterocycles. The van der Waals surface area contributed by atoms with Gasteiger partial charge in [-0.2, -0.15) is 0 Å². The molecule has 1 unspecified atom stereocenters. The van der Waals surface area contributed by atoms with Crippen molar-refractivity contribution in [2.45, 2.75) is 6.23 Å². The summed E-state index contributed by atoms with van der Waals surface area (Å²) >= 11 is 0. The van der Waals surface area contributed by atoms with Crippen molar-refractivity contribution in [2.75, 3.05) is 0 Å². The maximum Gasteiger partial charge on any atom is 0.353 e. The maximum atomic E-state index is 11.3. The van der Waals surface area contributed by atoms with Crippen LogP contribution in [0.5, 0.6) is 0 Å². The highest BCUT2D eigenvalue weighted by Gasteiger charge is 2.17. The number of carbonyl (C=O) groups excluding carboxylic acids is 1. The number of aliphatic hydroxyl groups excluding tert-OH is 1. The van der Waals surface area contributed by atoms with Crippen LogP contribution in [0.4, 0.5) is 5.69 Å². The lowest BCUT2D eigenvalue weighted by atomic mass is 10.2. The second-order valence-electron chi connectivity index (χ2n) is 3.02. The normalized spacial score (nSPS) is 11.6. The summed E-state index contributed by atoms with van der Waals surface area (Å²) in [5.41, 5.74) is -0.184. The molecular weight excluding hydrogens is 232 g/mol. The van der Waals surface area contributed by atoms with Crippen LogP contribution in [0.25, 0.3) is 0 Å². The Hall–Kier alpha value is -2.48. The highest BCUT2D eigenvalue weighted by Crippen LogP contribution is 2.11. The molecule has 1 amide bonds. The van der Waals surface area contributed by atoms with E-state index in [9.17, 15) is 19.7 Å². The maximum absolute atomic E-state index is 11.3. The van der Waals surface area contributed by atoms with E-state index < -0.39 is 23.0 Å². The Morgan fingerprint density at radius 3 is 2.24 bits per heavy atom. The second-order valence-corrected chi connectivity index (χ2v) is 3.02. The van der Waals surface area contributed by atoms with Crippen LogP contribution < -0.4 is 5.32 Å². The van der Waals surface area contributed by atoms with Gasteiger partial charge in [0.15, 0.2) is 0 Å². The summed E-state index contributed by atoms with van der Waals surface area (Å²) in [5.74, 6) is -2.44. The van der Waals surface area contributed by atoms with Gasteiger partial charge in [0.1, 0.15) is 0 Å². The van der Waals surface area contributed by atoms with Gasteiger partial charge in [-0.1, -0.05) is 0 Å². The van der Waals surface area contributed by atoms with Crippen molar-refractivity contribution < 1.29 is 24.7 Å². The molecule has 0 bridgehead atoms. The van der Waals surface area contributed by atoms with Crippen molar-refractivity contribution in [1.82, 2.24) is 5.32 Å². The number of carboxylic acids is 1. The number of non-ortho nitro benzene ring substituents is 1. The molecule has 3 N–H and O–H groups in total. The third kappa shape index (κ3) is 3.24. The van der Waals surface area contributed by atoms with Crippen LogP contribution in [-0.2, 0) is 4.79 Å². The second kappa shape index (κ2) is 5.03. The molecule has 1 rings (SSSR count). The van der Waals surface area contributed by atoms with Gasteiger partial charge >= 0.3 is 5.97 Å². The van der Waals surface area contributed by atoms with Gasteiger partial charge in [-0.05, 0) is 12.1 Å². The fraction of sp³-hybridized carbons (Fsp3) is 0.111. The molecule has 90 valence electrons. The van der Waals surface area contributed by atoms with Gasteiger partial charge in [-0.3, -0.25) is 14.9 Å². The van der Waals surface area contributed by atoms with Gasteiger partial charge in [0.2, 0.25) is 6.23 Å². The first kappa shape index (κ1) is 12.6. The summed E-state index contributed by atoms with van der Waals surface area (Å²) in [7, 11) is 0. The van der Waals surface area contributed by atoms with Gasteiger partial charge in [0.05, 0.1) is 4.92 Å². The van der Waals surface area contributed by atoms with Gasteiger partial charge in [-0.15, -0.1) is 0 Å². The number of nitro benzene ring substituents is 1. The van der Waals surface area contributed by atoms with Crippen LogP contribution in [0.15, 0.2) is 24.3 Å². The number of benzene rings is 1. The first-order chi connectivity index (χ1) is 7.91. The fourth-order valence-corrected chi connectivity index (χ4v) is 1.00. The predicted molar refractivity (Wildman–Crippen MR) is 54.2 cm³/mol. The van der Waals surface area contributed by atoms with Crippen LogP contribution >= 0.6 is 0 Å². The summed E-state index contributed by atoms with van der Waals surface area (Å²) in [5, 5.41) is 29.3. The molecule has 17 heavy (non-hydrogen) atoms. The molecule has 0 heterocycles. The number of hydrogen-bond donors (Lipinski definition) is 3. The highest BCUT2D eigenvalue weighted by atomic mass is 16.6. The Balaban J connectivity index is 2.77. The van der Waals surface area contributed by atoms with Crippen molar-refractivity contribution in [3.63, 3.8) is 0 Å². The largest absolute Gasteiger partial charge is 0.478 e. The molecule has 0 aliphatic carbocycles. The minimum Gasteiger partial charge on any atom is -0.478 e. The van der Waals surface area contributed by atoms with Crippen molar-refractivity contribution >= 4 is 17.6 Å². The van der Waals surface area contributed by atoms with E-state index in [2.05, 4.69) is 0 Å². The van der Waals surface area contributed by atoms with Gasteiger partial charge in [0, 0.05) is 17.7 Å². The molecule has 1 aromatic rings. The average Bonchev–Trinajstić information content (AvgIpc) is 2.28. The number of amides is 1. The topological polar surface area (TPSA) is 130 Å². The van der Waals surface area contributed by atoms with E-state index in [-0.39, 0.29) is 11.3 Å². The Labute approximate surface area is 94.6 Å². The van der Waals surface area contributed by atoms with Crippen molar-refractivity contribution in [2.24, 2.45) is 0 Å². The smallest absolute Gasteiger partial charge is 0.353 e. The Morgan fingerprint density at radius 2 is 1.82 bits per heavy atom. The molecule has 0 saturated carbocycles. The van der Waals surface area contributed by atoms with E-state index in [1.54, 1.807) is 5.32 Å². The molecule has 0 aromatic heterocycles. The molecule has 0 fully saturated rings. The molecule has 0 spiro atoms. The van der Waals surface area contributed by atoms with Gasteiger partial charge in [-0.25, -0.2) is 4.79 Å². The van der Waals surface area contributed by atoms with Crippen molar-refractivity contribution in [3.05, 3.63) is 39.9 Å². The lowest BCUT2D eigenvalue weighted by molar-refractivity contribution is -0.384. The number of nitrogens with zero attached hydrogens (tertiary/aromatic N) is 1. The zero-order chi connectivity index (χ0) is 13.0. The monoisotopic (exact) mass is 240 g/mol. The number of carbonyl (C=O) groups is 2. The summed E-state index contributed by atoms with van der Waals surface area (Å²) < 4.78 is 0. The average molecular weight is 240 g/mol. The summed E-state index contributed by atoms with van der Waals surface area (Å²) in [6.07, 6.45) is -2.02. The van der Waals surface area contributed by atoms with Crippen molar-refractivity contribution in [3.8, 4) is 0 Å². The third-order valence-electron chi connectivity index (χ3n) is 1.84. The van der Waals surface area contributed by atoms with Crippen LogP contribution in [0, 0.1) is 10.1 Å². The number of carboxylic acid groups (broad SMARTS) is 1. The predicted octanol–water partition coefficient (Wildman–Crippen LogP) is -0.272. The number of nitrogens with one attached hydrogen (secondary N) is 1. The lowest BCUT2D eigenvalue weighted by Gasteiger charge is -2.07. The lowest BCUT2D eigenvalue weighted by Crippen LogP contribution is -2.40. The number of aliphatic carboxylic acids is 1. The van der Waals surface area contributed by atoms with Gasteiger partial charge < -0.3 is 15.5 Å². The molecule has 1 atom stereocenters. The molecule has 8 heteroatoms. The van der Waals surface area contributed by atoms with Crippen LogP contribution in [0.2, 0.25) is 0 Å².